The first-order chi connectivity index (χ1) is 9.91. The van der Waals surface area contributed by atoms with E-state index in [9.17, 15) is 22.8 Å². The summed E-state index contributed by atoms with van der Waals surface area (Å²) >= 11 is 0. The summed E-state index contributed by atoms with van der Waals surface area (Å²) in [5, 5.41) is 2.35. The Bertz CT molecular complexity index is 681. The van der Waals surface area contributed by atoms with Gasteiger partial charge >= 0.3 is 6.18 Å². The predicted octanol–water partition coefficient (Wildman–Crippen LogP) is 3.77. The molecule has 0 aromatic heterocycles. The van der Waals surface area contributed by atoms with Gasteiger partial charge in [-0.15, -0.1) is 0 Å². The van der Waals surface area contributed by atoms with Gasteiger partial charge in [0.1, 0.15) is 6.29 Å². The molecule has 0 bridgehead atoms. The van der Waals surface area contributed by atoms with Crippen LogP contribution in [-0.2, 0) is 6.18 Å². The second-order valence-electron chi connectivity index (χ2n) is 4.24. The van der Waals surface area contributed by atoms with E-state index >= 15 is 0 Å². The Labute approximate surface area is 118 Å². The lowest BCUT2D eigenvalue weighted by atomic mass is 10.1. The van der Waals surface area contributed by atoms with Crippen LogP contribution in [0.5, 0.6) is 0 Å². The molecule has 0 heterocycles. The molecule has 0 saturated heterocycles. The van der Waals surface area contributed by atoms with Gasteiger partial charge in [-0.2, -0.15) is 13.2 Å². The highest BCUT2D eigenvalue weighted by Gasteiger charge is 2.34. The molecule has 0 fully saturated rings. The Morgan fingerprint density at radius 3 is 2.43 bits per heavy atom. The van der Waals surface area contributed by atoms with Crippen LogP contribution in [0.4, 0.5) is 18.9 Å². The first-order valence-corrected chi connectivity index (χ1v) is 5.94. The Hall–Kier alpha value is -2.63. The zero-order valence-corrected chi connectivity index (χ0v) is 10.6. The van der Waals surface area contributed by atoms with Crippen LogP contribution in [-0.4, -0.2) is 12.2 Å². The monoisotopic (exact) mass is 293 g/mol. The fourth-order valence-electron chi connectivity index (χ4n) is 1.82. The van der Waals surface area contributed by atoms with Crippen molar-refractivity contribution in [3.05, 3.63) is 65.2 Å². The summed E-state index contributed by atoms with van der Waals surface area (Å²) in [5.74, 6) is -0.883. The third kappa shape index (κ3) is 3.47. The molecule has 0 spiro atoms. The average Bonchev–Trinajstić information content (AvgIpc) is 2.46. The molecule has 6 heteroatoms. The van der Waals surface area contributed by atoms with Crippen molar-refractivity contribution in [3.63, 3.8) is 0 Å². The van der Waals surface area contributed by atoms with Gasteiger partial charge in [0, 0.05) is 11.3 Å². The first-order valence-electron chi connectivity index (χ1n) is 5.94. The first kappa shape index (κ1) is 14.8. The highest BCUT2D eigenvalue weighted by molar-refractivity contribution is 6.05. The topological polar surface area (TPSA) is 46.2 Å². The van der Waals surface area contributed by atoms with Gasteiger partial charge in [-0.3, -0.25) is 9.59 Å². The van der Waals surface area contributed by atoms with E-state index in [1.807, 2.05) is 0 Å². The van der Waals surface area contributed by atoms with Gasteiger partial charge in [0.05, 0.1) is 11.1 Å². The second-order valence-corrected chi connectivity index (χ2v) is 4.24. The number of amides is 1. The number of alkyl halides is 3. The minimum Gasteiger partial charge on any atom is -0.322 e. The van der Waals surface area contributed by atoms with Crippen molar-refractivity contribution in [2.24, 2.45) is 0 Å². The minimum atomic E-state index is -4.61. The third-order valence-electron chi connectivity index (χ3n) is 2.76. The van der Waals surface area contributed by atoms with Crippen LogP contribution in [0.15, 0.2) is 48.5 Å². The lowest BCUT2D eigenvalue weighted by molar-refractivity contribution is -0.137. The second kappa shape index (κ2) is 5.78. The molecule has 0 radical (unpaired) electrons. The molecule has 108 valence electrons. The molecule has 1 N–H and O–H groups in total. The van der Waals surface area contributed by atoms with E-state index in [1.54, 1.807) is 0 Å². The molecule has 0 aliphatic heterocycles. The number of aldehydes is 1. The number of rotatable bonds is 3. The Balaban J connectivity index is 2.31. The maximum atomic E-state index is 12.8. The minimum absolute atomic E-state index is 0.251. The highest BCUT2D eigenvalue weighted by atomic mass is 19.4. The molecule has 3 nitrogen and oxygen atoms in total. The Morgan fingerprint density at radius 2 is 1.76 bits per heavy atom. The van der Waals surface area contributed by atoms with Crippen molar-refractivity contribution < 1.29 is 22.8 Å². The van der Waals surface area contributed by atoms with Crippen molar-refractivity contribution in [1.29, 1.82) is 0 Å². The standard InChI is InChI=1S/C15H10F3NO2/c16-15(17,18)13-7-2-1-6-12(13)14(21)19-11-5-3-4-10(8-11)9-20/h1-9H,(H,19,21). The van der Waals surface area contributed by atoms with Crippen LogP contribution in [0, 0.1) is 0 Å². The molecule has 21 heavy (non-hydrogen) atoms. The summed E-state index contributed by atoms with van der Waals surface area (Å²) in [5.41, 5.74) is -0.908. The largest absolute Gasteiger partial charge is 0.417 e. The molecule has 0 unspecified atom stereocenters. The van der Waals surface area contributed by atoms with Gasteiger partial charge in [-0.05, 0) is 24.3 Å². The number of anilines is 1. The summed E-state index contributed by atoms with van der Waals surface area (Å²) in [4.78, 5) is 22.6. The quantitative estimate of drug-likeness (QED) is 0.876. The molecule has 2 aromatic carbocycles. The van der Waals surface area contributed by atoms with Gasteiger partial charge in [0.2, 0.25) is 0 Å². The van der Waals surface area contributed by atoms with Crippen LogP contribution in [0.3, 0.4) is 0 Å². The van der Waals surface area contributed by atoms with Crippen LogP contribution in [0.2, 0.25) is 0 Å². The van der Waals surface area contributed by atoms with Gasteiger partial charge in [0.15, 0.2) is 0 Å². The van der Waals surface area contributed by atoms with E-state index in [0.717, 1.165) is 12.1 Å². The maximum absolute atomic E-state index is 12.8. The van der Waals surface area contributed by atoms with E-state index < -0.39 is 23.2 Å². The van der Waals surface area contributed by atoms with Crippen LogP contribution in [0.25, 0.3) is 0 Å². The summed E-state index contributed by atoms with van der Waals surface area (Å²) in [7, 11) is 0. The highest BCUT2D eigenvalue weighted by Crippen LogP contribution is 2.32. The predicted molar refractivity (Wildman–Crippen MR) is 71.2 cm³/mol. The summed E-state index contributed by atoms with van der Waals surface area (Å²) in [6.45, 7) is 0. The van der Waals surface area contributed by atoms with Gasteiger partial charge < -0.3 is 5.32 Å². The van der Waals surface area contributed by atoms with E-state index in [1.165, 1.54) is 36.4 Å². The maximum Gasteiger partial charge on any atom is 0.417 e. The number of nitrogens with one attached hydrogen (secondary N) is 1. The zero-order chi connectivity index (χ0) is 15.5. The van der Waals surface area contributed by atoms with E-state index in [2.05, 4.69) is 5.32 Å². The molecule has 0 atom stereocenters. The molecule has 0 saturated carbocycles. The number of carbonyl (C=O) groups excluding carboxylic acids is 2. The summed E-state index contributed by atoms with van der Waals surface area (Å²) in [6.07, 6.45) is -4.03. The molecule has 2 aromatic rings. The molecule has 1 amide bonds. The lowest BCUT2D eigenvalue weighted by Gasteiger charge is -2.12. The normalized spacial score (nSPS) is 11.0. The summed E-state index contributed by atoms with van der Waals surface area (Å²) in [6, 6.07) is 10.4. The molecule has 2 rings (SSSR count). The third-order valence-corrected chi connectivity index (χ3v) is 2.76. The fourth-order valence-corrected chi connectivity index (χ4v) is 1.82. The summed E-state index contributed by atoms with van der Waals surface area (Å²) < 4.78 is 38.5. The molecular formula is C15H10F3NO2. The molecular weight excluding hydrogens is 283 g/mol. The van der Waals surface area contributed by atoms with Crippen molar-refractivity contribution >= 4 is 17.9 Å². The lowest BCUT2D eigenvalue weighted by Crippen LogP contribution is -2.18. The van der Waals surface area contributed by atoms with Crippen molar-refractivity contribution in [2.75, 3.05) is 5.32 Å². The van der Waals surface area contributed by atoms with E-state index in [0.29, 0.717) is 11.8 Å². The van der Waals surface area contributed by atoms with Crippen molar-refractivity contribution in [1.82, 2.24) is 0 Å². The molecule has 0 aliphatic carbocycles. The van der Waals surface area contributed by atoms with Crippen molar-refractivity contribution in [3.8, 4) is 0 Å². The van der Waals surface area contributed by atoms with E-state index in [4.69, 9.17) is 0 Å². The number of benzene rings is 2. The Kier molecular flexibility index (Phi) is 4.07. The smallest absolute Gasteiger partial charge is 0.322 e. The number of hydrogen-bond donors (Lipinski definition) is 1. The van der Waals surface area contributed by atoms with E-state index in [-0.39, 0.29) is 5.69 Å². The fraction of sp³-hybridized carbons (Fsp3) is 0.0667. The number of hydrogen-bond acceptors (Lipinski definition) is 2. The van der Waals surface area contributed by atoms with Gasteiger partial charge in [0.25, 0.3) is 5.91 Å². The van der Waals surface area contributed by atoms with Crippen LogP contribution in [0.1, 0.15) is 26.3 Å². The SMILES string of the molecule is O=Cc1cccc(NC(=O)c2ccccc2C(F)(F)F)c1. The van der Waals surface area contributed by atoms with Crippen LogP contribution < -0.4 is 5.32 Å². The average molecular weight is 293 g/mol. The number of carbonyl (C=O) groups is 2. The van der Waals surface area contributed by atoms with Gasteiger partial charge in [-0.25, -0.2) is 0 Å². The molecule has 0 aliphatic rings. The Morgan fingerprint density at radius 1 is 1.05 bits per heavy atom. The zero-order valence-electron chi connectivity index (χ0n) is 10.6. The van der Waals surface area contributed by atoms with Gasteiger partial charge in [-0.1, -0.05) is 24.3 Å². The number of halogens is 3. The van der Waals surface area contributed by atoms with Crippen LogP contribution >= 0.6 is 0 Å². The van der Waals surface area contributed by atoms with Crippen molar-refractivity contribution in [2.45, 2.75) is 6.18 Å².